The van der Waals surface area contributed by atoms with Crippen LogP contribution in [0.3, 0.4) is 0 Å². The van der Waals surface area contributed by atoms with Crippen molar-refractivity contribution in [3.63, 3.8) is 0 Å². The molecule has 2 nitrogen and oxygen atoms in total. The second-order valence-corrected chi connectivity index (χ2v) is 4.11. The van der Waals surface area contributed by atoms with E-state index in [2.05, 4.69) is 26.1 Å². The fraction of sp³-hybridized carbons (Fsp3) is 1.00. The maximum atomic E-state index is 5.64. The van der Waals surface area contributed by atoms with E-state index in [1.807, 2.05) is 0 Å². The van der Waals surface area contributed by atoms with Gasteiger partial charge in [0.25, 0.3) is 0 Å². The van der Waals surface area contributed by atoms with Gasteiger partial charge < -0.3 is 10.1 Å². The van der Waals surface area contributed by atoms with Crippen LogP contribution in [0.4, 0.5) is 0 Å². The lowest BCUT2D eigenvalue weighted by molar-refractivity contribution is 0.0129. The van der Waals surface area contributed by atoms with Crippen LogP contribution in [0.15, 0.2) is 0 Å². The predicted molar refractivity (Wildman–Crippen MR) is 55.8 cm³/mol. The molecule has 1 N–H and O–H groups in total. The van der Waals surface area contributed by atoms with Crippen molar-refractivity contribution in [1.29, 1.82) is 0 Å². The Kier molecular flexibility index (Phi) is 4.74. The number of piperidine rings is 1. The van der Waals surface area contributed by atoms with Crippen LogP contribution in [-0.4, -0.2) is 25.8 Å². The van der Waals surface area contributed by atoms with Gasteiger partial charge in [0.2, 0.25) is 0 Å². The van der Waals surface area contributed by atoms with E-state index in [4.69, 9.17) is 4.74 Å². The van der Waals surface area contributed by atoms with Gasteiger partial charge in [-0.05, 0) is 51.6 Å². The molecule has 2 atom stereocenters. The SMILES string of the molecule is CCOC(C)C(C)C1CCNCC1. The summed E-state index contributed by atoms with van der Waals surface area (Å²) in [6.45, 7) is 9.83. The van der Waals surface area contributed by atoms with Gasteiger partial charge in [-0.25, -0.2) is 0 Å². The summed E-state index contributed by atoms with van der Waals surface area (Å²) in [4.78, 5) is 0. The zero-order chi connectivity index (χ0) is 9.68. The van der Waals surface area contributed by atoms with Crippen LogP contribution in [0.1, 0.15) is 33.6 Å². The zero-order valence-electron chi connectivity index (χ0n) is 9.18. The van der Waals surface area contributed by atoms with Gasteiger partial charge in [0.15, 0.2) is 0 Å². The average Bonchev–Trinajstić information content (AvgIpc) is 2.18. The molecule has 1 rings (SSSR count). The first-order chi connectivity index (χ1) is 6.25. The number of hydrogen-bond donors (Lipinski definition) is 1. The van der Waals surface area contributed by atoms with Crippen LogP contribution in [0, 0.1) is 11.8 Å². The van der Waals surface area contributed by atoms with Crippen LogP contribution < -0.4 is 5.32 Å². The van der Waals surface area contributed by atoms with Gasteiger partial charge >= 0.3 is 0 Å². The van der Waals surface area contributed by atoms with Crippen LogP contribution in [-0.2, 0) is 4.74 Å². The van der Waals surface area contributed by atoms with E-state index in [9.17, 15) is 0 Å². The number of ether oxygens (including phenoxy) is 1. The molecular formula is C11H23NO. The molecule has 2 unspecified atom stereocenters. The minimum Gasteiger partial charge on any atom is -0.379 e. The molecule has 0 aliphatic carbocycles. The van der Waals surface area contributed by atoms with Crippen molar-refractivity contribution in [2.75, 3.05) is 19.7 Å². The molecule has 0 radical (unpaired) electrons. The molecule has 13 heavy (non-hydrogen) atoms. The second kappa shape index (κ2) is 5.61. The lowest BCUT2D eigenvalue weighted by Crippen LogP contribution is -2.35. The summed E-state index contributed by atoms with van der Waals surface area (Å²) >= 11 is 0. The van der Waals surface area contributed by atoms with E-state index >= 15 is 0 Å². The third kappa shape index (κ3) is 3.28. The Labute approximate surface area is 82.0 Å². The van der Waals surface area contributed by atoms with Crippen molar-refractivity contribution in [3.05, 3.63) is 0 Å². The van der Waals surface area contributed by atoms with Crippen molar-refractivity contribution < 1.29 is 4.74 Å². The van der Waals surface area contributed by atoms with Crippen LogP contribution in [0.2, 0.25) is 0 Å². The van der Waals surface area contributed by atoms with Crippen molar-refractivity contribution in [3.8, 4) is 0 Å². The minimum atomic E-state index is 0.424. The Morgan fingerprint density at radius 1 is 1.31 bits per heavy atom. The molecule has 0 bridgehead atoms. The molecule has 1 fully saturated rings. The van der Waals surface area contributed by atoms with E-state index < -0.39 is 0 Å². The van der Waals surface area contributed by atoms with E-state index in [0.717, 1.165) is 12.5 Å². The summed E-state index contributed by atoms with van der Waals surface area (Å²) in [5.41, 5.74) is 0. The Hall–Kier alpha value is -0.0800. The van der Waals surface area contributed by atoms with Gasteiger partial charge in [-0.15, -0.1) is 0 Å². The standard InChI is InChI=1S/C11H23NO/c1-4-13-10(3)9(2)11-5-7-12-8-6-11/h9-12H,4-8H2,1-3H3. The molecule has 0 saturated carbocycles. The van der Waals surface area contributed by atoms with E-state index in [-0.39, 0.29) is 0 Å². The molecule has 1 saturated heterocycles. The summed E-state index contributed by atoms with van der Waals surface area (Å²) in [6.07, 6.45) is 3.06. The van der Waals surface area contributed by atoms with Gasteiger partial charge in [0.1, 0.15) is 0 Å². The largest absolute Gasteiger partial charge is 0.379 e. The highest BCUT2D eigenvalue weighted by Crippen LogP contribution is 2.25. The van der Waals surface area contributed by atoms with E-state index in [1.165, 1.54) is 25.9 Å². The first-order valence-corrected chi connectivity index (χ1v) is 5.58. The summed E-state index contributed by atoms with van der Waals surface area (Å²) in [5.74, 6) is 1.57. The molecule has 2 heteroatoms. The molecule has 0 aromatic heterocycles. The van der Waals surface area contributed by atoms with Gasteiger partial charge in [-0.1, -0.05) is 6.92 Å². The van der Waals surface area contributed by atoms with Gasteiger partial charge in [0.05, 0.1) is 6.10 Å². The summed E-state index contributed by atoms with van der Waals surface area (Å²) < 4.78 is 5.64. The van der Waals surface area contributed by atoms with Gasteiger partial charge in [-0.3, -0.25) is 0 Å². The molecular weight excluding hydrogens is 162 g/mol. The van der Waals surface area contributed by atoms with Crippen molar-refractivity contribution in [2.45, 2.75) is 39.7 Å². The molecule has 1 aliphatic heterocycles. The molecule has 0 aromatic carbocycles. The Balaban J connectivity index is 2.31. The first-order valence-electron chi connectivity index (χ1n) is 5.58. The summed E-state index contributed by atoms with van der Waals surface area (Å²) in [7, 11) is 0. The number of hydrogen-bond acceptors (Lipinski definition) is 2. The quantitative estimate of drug-likeness (QED) is 0.723. The lowest BCUT2D eigenvalue weighted by Gasteiger charge is -2.31. The first kappa shape index (κ1) is 11.0. The third-order valence-electron chi connectivity index (χ3n) is 3.30. The smallest absolute Gasteiger partial charge is 0.0575 e. The van der Waals surface area contributed by atoms with E-state index in [1.54, 1.807) is 0 Å². The molecule has 1 aliphatic rings. The van der Waals surface area contributed by atoms with Crippen molar-refractivity contribution in [1.82, 2.24) is 5.32 Å². The fourth-order valence-corrected chi connectivity index (χ4v) is 2.17. The summed E-state index contributed by atoms with van der Waals surface area (Å²) in [6, 6.07) is 0. The average molecular weight is 185 g/mol. The molecule has 0 spiro atoms. The Morgan fingerprint density at radius 3 is 2.46 bits per heavy atom. The molecule has 1 heterocycles. The number of rotatable bonds is 4. The lowest BCUT2D eigenvalue weighted by atomic mass is 9.83. The Bertz CT molecular complexity index is 132. The maximum Gasteiger partial charge on any atom is 0.0575 e. The van der Waals surface area contributed by atoms with Crippen molar-refractivity contribution in [2.24, 2.45) is 11.8 Å². The molecule has 0 amide bonds. The maximum absolute atomic E-state index is 5.64. The highest BCUT2D eigenvalue weighted by atomic mass is 16.5. The van der Waals surface area contributed by atoms with Gasteiger partial charge in [-0.2, -0.15) is 0 Å². The number of nitrogens with one attached hydrogen (secondary N) is 1. The third-order valence-corrected chi connectivity index (χ3v) is 3.30. The monoisotopic (exact) mass is 185 g/mol. The zero-order valence-corrected chi connectivity index (χ0v) is 9.18. The molecule has 0 aromatic rings. The van der Waals surface area contributed by atoms with Crippen LogP contribution in [0.25, 0.3) is 0 Å². The fourth-order valence-electron chi connectivity index (χ4n) is 2.17. The van der Waals surface area contributed by atoms with Crippen LogP contribution in [0.5, 0.6) is 0 Å². The van der Waals surface area contributed by atoms with Crippen molar-refractivity contribution >= 4 is 0 Å². The normalized spacial score (nSPS) is 24.2. The second-order valence-electron chi connectivity index (χ2n) is 4.11. The highest BCUT2D eigenvalue weighted by Gasteiger charge is 2.24. The van der Waals surface area contributed by atoms with E-state index in [0.29, 0.717) is 12.0 Å². The van der Waals surface area contributed by atoms with Crippen LogP contribution >= 0.6 is 0 Å². The summed E-state index contributed by atoms with van der Waals surface area (Å²) in [5, 5.41) is 3.40. The topological polar surface area (TPSA) is 21.3 Å². The van der Waals surface area contributed by atoms with Gasteiger partial charge in [0, 0.05) is 6.61 Å². The Morgan fingerprint density at radius 2 is 1.92 bits per heavy atom. The highest BCUT2D eigenvalue weighted by molar-refractivity contribution is 4.76. The predicted octanol–water partition coefficient (Wildman–Crippen LogP) is 2.05. The molecule has 78 valence electrons. The minimum absolute atomic E-state index is 0.424.